The Morgan fingerprint density at radius 3 is 2.33 bits per heavy atom. The molecule has 1 N–H and O–H groups in total. The Labute approximate surface area is 145 Å². The summed E-state index contributed by atoms with van der Waals surface area (Å²) in [5, 5.41) is 3.05. The lowest BCUT2D eigenvalue weighted by Crippen LogP contribution is -2.12. The summed E-state index contributed by atoms with van der Waals surface area (Å²) in [4.78, 5) is 23.7. The van der Waals surface area contributed by atoms with Gasteiger partial charge >= 0.3 is 0 Å². The molecule has 2 aromatic carbocycles. The van der Waals surface area contributed by atoms with Crippen LogP contribution >= 0.6 is 11.6 Å². The van der Waals surface area contributed by atoms with Gasteiger partial charge in [0, 0.05) is 16.8 Å². The number of halogens is 1. The number of benzene rings is 2. The van der Waals surface area contributed by atoms with Gasteiger partial charge in [-0.25, -0.2) is 0 Å². The number of Topliss-reactive ketones (excluding diaryl/α,β-unsaturated/α-hetero) is 1. The summed E-state index contributed by atoms with van der Waals surface area (Å²) in [5.74, 6) is 0.426. The minimum atomic E-state index is -0.339. The fraction of sp³-hybridized carbons (Fsp3) is 0.222. The topological polar surface area (TPSA) is 64.6 Å². The molecule has 0 saturated carbocycles. The maximum atomic E-state index is 12.4. The Morgan fingerprint density at radius 2 is 1.79 bits per heavy atom. The molecule has 6 heteroatoms. The predicted octanol–water partition coefficient (Wildman–Crippen LogP) is 4.20. The van der Waals surface area contributed by atoms with Crippen LogP contribution in [0.3, 0.4) is 0 Å². The molecule has 0 aromatic heterocycles. The molecule has 0 unspecified atom stereocenters. The zero-order valence-corrected chi connectivity index (χ0v) is 14.4. The molecular formula is C18H18ClNO4. The van der Waals surface area contributed by atoms with Crippen molar-refractivity contribution < 1.29 is 19.1 Å². The van der Waals surface area contributed by atoms with Gasteiger partial charge in [0.25, 0.3) is 5.91 Å². The van der Waals surface area contributed by atoms with E-state index in [1.807, 2.05) is 6.92 Å². The molecular weight excluding hydrogens is 330 g/mol. The molecule has 0 atom stereocenters. The van der Waals surface area contributed by atoms with E-state index in [1.165, 1.54) is 20.1 Å². The zero-order valence-electron chi connectivity index (χ0n) is 13.7. The maximum Gasteiger partial charge on any atom is 0.255 e. The van der Waals surface area contributed by atoms with Crippen LogP contribution in [-0.2, 0) is 0 Å². The van der Waals surface area contributed by atoms with E-state index in [2.05, 4.69) is 5.32 Å². The highest BCUT2D eigenvalue weighted by molar-refractivity contribution is 6.32. The molecule has 0 saturated heterocycles. The molecule has 2 rings (SSSR count). The third kappa shape index (κ3) is 4.06. The van der Waals surface area contributed by atoms with E-state index >= 15 is 0 Å². The molecule has 0 aliphatic rings. The van der Waals surface area contributed by atoms with Gasteiger partial charge in [-0.2, -0.15) is 0 Å². The second kappa shape index (κ2) is 7.84. The van der Waals surface area contributed by atoms with Crippen LogP contribution in [0, 0.1) is 0 Å². The highest BCUT2D eigenvalue weighted by atomic mass is 35.5. The van der Waals surface area contributed by atoms with Gasteiger partial charge in [-0.15, -0.1) is 0 Å². The van der Waals surface area contributed by atoms with Crippen LogP contribution in [0.15, 0.2) is 36.4 Å². The molecule has 24 heavy (non-hydrogen) atoms. The van der Waals surface area contributed by atoms with Crippen LogP contribution in [0.4, 0.5) is 5.69 Å². The van der Waals surface area contributed by atoms with Gasteiger partial charge in [0.05, 0.1) is 18.7 Å². The minimum absolute atomic E-state index is 0.0316. The van der Waals surface area contributed by atoms with E-state index in [0.29, 0.717) is 39.9 Å². The lowest BCUT2D eigenvalue weighted by Gasteiger charge is -2.13. The van der Waals surface area contributed by atoms with Crippen molar-refractivity contribution in [3.63, 3.8) is 0 Å². The van der Waals surface area contributed by atoms with Crippen LogP contribution in [0.5, 0.6) is 11.5 Å². The number of rotatable bonds is 6. The van der Waals surface area contributed by atoms with Crippen LogP contribution < -0.4 is 14.8 Å². The van der Waals surface area contributed by atoms with Gasteiger partial charge in [0.15, 0.2) is 17.3 Å². The standard InChI is InChI=1S/C18H18ClNO4/c1-4-24-17-15(19)9-13(10-16(17)23-3)18(22)20-14-7-5-12(6-8-14)11(2)21/h5-10H,4H2,1-3H3,(H,20,22). The molecule has 0 heterocycles. The zero-order chi connectivity index (χ0) is 17.7. The Hall–Kier alpha value is -2.53. The van der Waals surface area contributed by atoms with Crippen molar-refractivity contribution >= 4 is 29.0 Å². The van der Waals surface area contributed by atoms with E-state index in [4.69, 9.17) is 21.1 Å². The molecule has 5 nitrogen and oxygen atoms in total. The first-order chi connectivity index (χ1) is 11.5. The number of amides is 1. The molecule has 0 radical (unpaired) electrons. The minimum Gasteiger partial charge on any atom is -0.493 e. The van der Waals surface area contributed by atoms with Gasteiger partial charge in [-0.05, 0) is 50.2 Å². The highest BCUT2D eigenvalue weighted by Gasteiger charge is 2.16. The molecule has 0 aliphatic heterocycles. The number of ether oxygens (including phenoxy) is 2. The first-order valence-corrected chi connectivity index (χ1v) is 7.76. The molecule has 0 aliphatic carbocycles. The Bertz CT molecular complexity index is 756. The largest absolute Gasteiger partial charge is 0.493 e. The summed E-state index contributed by atoms with van der Waals surface area (Å²) in [5.41, 5.74) is 1.50. The fourth-order valence-electron chi connectivity index (χ4n) is 2.13. The Balaban J connectivity index is 2.23. The third-order valence-corrected chi connectivity index (χ3v) is 3.61. The van der Waals surface area contributed by atoms with Gasteiger partial charge in [0.1, 0.15) is 0 Å². The van der Waals surface area contributed by atoms with Crippen molar-refractivity contribution in [2.45, 2.75) is 13.8 Å². The summed E-state index contributed by atoms with van der Waals surface area (Å²) in [6.45, 7) is 3.76. The monoisotopic (exact) mass is 347 g/mol. The number of anilines is 1. The fourth-order valence-corrected chi connectivity index (χ4v) is 2.39. The maximum absolute atomic E-state index is 12.4. The van der Waals surface area contributed by atoms with Crippen LogP contribution in [0.1, 0.15) is 34.6 Å². The quantitative estimate of drug-likeness (QED) is 0.795. The van der Waals surface area contributed by atoms with Crippen molar-refractivity contribution in [2.75, 3.05) is 19.0 Å². The van der Waals surface area contributed by atoms with Crippen LogP contribution in [0.2, 0.25) is 5.02 Å². The summed E-state index contributed by atoms with van der Waals surface area (Å²) in [7, 11) is 1.48. The van der Waals surface area contributed by atoms with Crippen molar-refractivity contribution in [3.05, 3.63) is 52.5 Å². The lowest BCUT2D eigenvalue weighted by molar-refractivity contribution is 0.101. The first-order valence-electron chi connectivity index (χ1n) is 7.39. The smallest absolute Gasteiger partial charge is 0.255 e. The van der Waals surface area contributed by atoms with E-state index in [-0.39, 0.29) is 11.7 Å². The summed E-state index contributed by atoms with van der Waals surface area (Å²) in [6.07, 6.45) is 0. The number of ketones is 1. The molecule has 0 spiro atoms. The van der Waals surface area contributed by atoms with Gasteiger partial charge in [-0.3, -0.25) is 9.59 Å². The van der Waals surface area contributed by atoms with Gasteiger partial charge in [-0.1, -0.05) is 11.6 Å². The molecule has 126 valence electrons. The van der Waals surface area contributed by atoms with Crippen LogP contribution in [0.25, 0.3) is 0 Å². The Morgan fingerprint density at radius 1 is 1.12 bits per heavy atom. The second-order valence-corrected chi connectivity index (χ2v) is 5.42. The number of carbonyl (C=O) groups excluding carboxylic acids is 2. The number of carbonyl (C=O) groups is 2. The predicted molar refractivity (Wildman–Crippen MR) is 93.6 cm³/mol. The normalized spacial score (nSPS) is 10.2. The Kier molecular flexibility index (Phi) is 5.82. The average molecular weight is 348 g/mol. The van der Waals surface area contributed by atoms with Crippen molar-refractivity contribution in [3.8, 4) is 11.5 Å². The SMILES string of the molecule is CCOc1c(Cl)cc(C(=O)Nc2ccc(C(C)=O)cc2)cc1OC. The van der Waals surface area contributed by atoms with E-state index < -0.39 is 0 Å². The van der Waals surface area contributed by atoms with Crippen molar-refractivity contribution in [1.29, 1.82) is 0 Å². The number of hydrogen-bond acceptors (Lipinski definition) is 4. The summed E-state index contributed by atoms with van der Waals surface area (Å²) < 4.78 is 10.7. The number of hydrogen-bond donors (Lipinski definition) is 1. The molecule has 0 bridgehead atoms. The van der Waals surface area contributed by atoms with Crippen molar-refractivity contribution in [2.24, 2.45) is 0 Å². The van der Waals surface area contributed by atoms with E-state index in [0.717, 1.165) is 0 Å². The number of nitrogens with one attached hydrogen (secondary N) is 1. The van der Waals surface area contributed by atoms with Crippen molar-refractivity contribution in [1.82, 2.24) is 0 Å². The summed E-state index contributed by atoms with van der Waals surface area (Å²) >= 11 is 6.17. The average Bonchev–Trinajstić information content (AvgIpc) is 2.57. The lowest BCUT2D eigenvalue weighted by atomic mass is 10.1. The number of methoxy groups -OCH3 is 1. The summed E-state index contributed by atoms with van der Waals surface area (Å²) in [6, 6.07) is 9.74. The highest BCUT2D eigenvalue weighted by Crippen LogP contribution is 2.36. The molecule has 2 aromatic rings. The molecule has 1 amide bonds. The first kappa shape index (κ1) is 17.8. The van der Waals surface area contributed by atoms with E-state index in [9.17, 15) is 9.59 Å². The van der Waals surface area contributed by atoms with Crippen LogP contribution in [-0.4, -0.2) is 25.4 Å². The van der Waals surface area contributed by atoms with E-state index in [1.54, 1.807) is 30.3 Å². The van der Waals surface area contributed by atoms with Gasteiger partial charge in [0.2, 0.25) is 0 Å². The molecule has 0 fully saturated rings. The second-order valence-electron chi connectivity index (χ2n) is 5.01. The van der Waals surface area contributed by atoms with Gasteiger partial charge < -0.3 is 14.8 Å². The third-order valence-electron chi connectivity index (χ3n) is 3.33.